The smallest absolute Gasteiger partial charge is 0.434 e. The van der Waals surface area contributed by atoms with Crippen molar-refractivity contribution in [3.63, 3.8) is 0 Å². The van der Waals surface area contributed by atoms with Gasteiger partial charge in [-0.05, 0) is 42.6 Å². The van der Waals surface area contributed by atoms with Crippen LogP contribution in [0.3, 0.4) is 0 Å². The van der Waals surface area contributed by atoms with Crippen LogP contribution in [0, 0.1) is 0 Å². The molecule has 3 aromatic rings. The minimum absolute atomic E-state index is 0.0828. The topological polar surface area (TPSA) is 57.5 Å². The van der Waals surface area contributed by atoms with Gasteiger partial charge in [0.25, 0.3) is 5.56 Å². The number of aromatic nitrogens is 1. The van der Waals surface area contributed by atoms with Crippen molar-refractivity contribution in [2.75, 3.05) is 6.61 Å². The van der Waals surface area contributed by atoms with Crippen molar-refractivity contribution in [2.24, 2.45) is 0 Å². The highest BCUT2D eigenvalue weighted by molar-refractivity contribution is 6.30. The number of pyridine rings is 1. The Morgan fingerprint density at radius 1 is 1.12 bits per heavy atom. The Hall–Kier alpha value is -2.79. The molecule has 0 radical (unpaired) electrons. The van der Waals surface area contributed by atoms with Crippen molar-refractivity contribution in [2.45, 2.75) is 6.92 Å². The number of nitrogens with zero attached hydrogens (tertiary/aromatic N) is 1. The van der Waals surface area contributed by atoms with Gasteiger partial charge in [0, 0.05) is 16.5 Å². The number of ether oxygens (including phenoxy) is 2. The predicted molar refractivity (Wildman–Crippen MR) is 92.2 cm³/mol. The first-order valence-electron chi connectivity index (χ1n) is 7.35. The van der Waals surface area contributed by atoms with Crippen LogP contribution in [0.1, 0.15) is 6.92 Å². The summed E-state index contributed by atoms with van der Waals surface area (Å²) in [4.78, 5) is 24.6. The summed E-state index contributed by atoms with van der Waals surface area (Å²) in [6, 6.07) is 15.4. The summed E-state index contributed by atoms with van der Waals surface area (Å²) in [5, 5.41) is 1.73. The average molecular weight is 344 g/mol. The molecule has 0 saturated carbocycles. The van der Waals surface area contributed by atoms with E-state index in [1.54, 1.807) is 55.5 Å². The Morgan fingerprint density at radius 2 is 1.83 bits per heavy atom. The standard InChI is InChI=1S/C18H14ClNO4/c1-2-23-18(22)24-16-11-12-5-3-4-6-15(12)17(21)20(16)14-9-7-13(19)8-10-14/h3-11H,2H2,1H3. The molecule has 3 rings (SSSR count). The molecule has 0 saturated heterocycles. The molecule has 0 aliphatic carbocycles. The molecule has 0 atom stereocenters. The van der Waals surface area contributed by atoms with E-state index in [0.29, 0.717) is 21.5 Å². The molecule has 0 aliphatic heterocycles. The Morgan fingerprint density at radius 3 is 2.54 bits per heavy atom. The predicted octanol–water partition coefficient (Wildman–Crippen LogP) is 4.18. The second-order valence-electron chi connectivity index (χ2n) is 4.97. The van der Waals surface area contributed by atoms with Gasteiger partial charge in [0.2, 0.25) is 5.88 Å². The maximum absolute atomic E-state index is 12.9. The lowest BCUT2D eigenvalue weighted by molar-refractivity contribution is 0.102. The summed E-state index contributed by atoms with van der Waals surface area (Å²) < 4.78 is 11.4. The molecular weight excluding hydrogens is 330 g/mol. The van der Waals surface area contributed by atoms with E-state index < -0.39 is 6.16 Å². The van der Waals surface area contributed by atoms with E-state index in [4.69, 9.17) is 21.1 Å². The lowest BCUT2D eigenvalue weighted by Gasteiger charge is -2.14. The SMILES string of the molecule is CCOC(=O)Oc1cc2ccccc2c(=O)n1-c1ccc(Cl)cc1. The van der Waals surface area contributed by atoms with Crippen LogP contribution < -0.4 is 10.3 Å². The number of halogens is 1. The van der Waals surface area contributed by atoms with Gasteiger partial charge in [-0.25, -0.2) is 9.36 Å². The highest BCUT2D eigenvalue weighted by atomic mass is 35.5. The Balaban J connectivity index is 2.23. The van der Waals surface area contributed by atoms with Crippen molar-refractivity contribution in [1.29, 1.82) is 0 Å². The molecule has 1 aromatic heterocycles. The van der Waals surface area contributed by atoms with E-state index in [0.717, 1.165) is 0 Å². The number of carbonyl (C=O) groups is 1. The van der Waals surface area contributed by atoms with Gasteiger partial charge in [-0.2, -0.15) is 0 Å². The number of benzene rings is 2. The van der Waals surface area contributed by atoms with Gasteiger partial charge < -0.3 is 9.47 Å². The fourth-order valence-corrected chi connectivity index (χ4v) is 2.50. The molecular formula is C18H14ClNO4. The van der Waals surface area contributed by atoms with Gasteiger partial charge in [-0.3, -0.25) is 4.79 Å². The van der Waals surface area contributed by atoms with Gasteiger partial charge in [0.05, 0.1) is 12.3 Å². The molecule has 0 amide bonds. The highest BCUT2D eigenvalue weighted by Crippen LogP contribution is 2.23. The monoisotopic (exact) mass is 343 g/mol. The number of hydrogen-bond donors (Lipinski definition) is 0. The Bertz CT molecular complexity index is 947. The third-order valence-electron chi connectivity index (χ3n) is 3.43. The van der Waals surface area contributed by atoms with Gasteiger partial charge in [-0.15, -0.1) is 0 Å². The first kappa shape index (κ1) is 16.1. The summed E-state index contributed by atoms with van der Waals surface area (Å²) >= 11 is 5.91. The fraction of sp³-hybridized carbons (Fsp3) is 0.111. The summed E-state index contributed by atoms with van der Waals surface area (Å²) in [6.45, 7) is 1.85. The number of rotatable bonds is 3. The van der Waals surface area contributed by atoms with Crippen LogP contribution in [0.4, 0.5) is 4.79 Å². The van der Waals surface area contributed by atoms with Gasteiger partial charge in [0.1, 0.15) is 0 Å². The van der Waals surface area contributed by atoms with Crippen LogP contribution in [-0.2, 0) is 4.74 Å². The second-order valence-corrected chi connectivity index (χ2v) is 5.41. The largest absolute Gasteiger partial charge is 0.515 e. The van der Waals surface area contributed by atoms with Gasteiger partial charge in [0.15, 0.2) is 0 Å². The third-order valence-corrected chi connectivity index (χ3v) is 3.68. The summed E-state index contributed by atoms with van der Waals surface area (Å²) in [5.74, 6) is 0.0828. The van der Waals surface area contributed by atoms with Crippen molar-refractivity contribution in [1.82, 2.24) is 4.57 Å². The molecule has 0 bridgehead atoms. The van der Waals surface area contributed by atoms with E-state index in [9.17, 15) is 9.59 Å². The van der Waals surface area contributed by atoms with Crippen LogP contribution in [-0.4, -0.2) is 17.3 Å². The van der Waals surface area contributed by atoms with Gasteiger partial charge in [-0.1, -0.05) is 29.8 Å². The quantitative estimate of drug-likeness (QED) is 0.669. The molecule has 0 fully saturated rings. The fourth-order valence-electron chi connectivity index (χ4n) is 2.38. The molecule has 0 spiro atoms. The van der Waals surface area contributed by atoms with Crippen LogP contribution >= 0.6 is 11.6 Å². The van der Waals surface area contributed by atoms with E-state index in [-0.39, 0.29) is 18.0 Å². The number of hydrogen-bond acceptors (Lipinski definition) is 4. The van der Waals surface area contributed by atoms with Crippen molar-refractivity contribution < 1.29 is 14.3 Å². The van der Waals surface area contributed by atoms with Crippen molar-refractivity contribution >= 4 is 28.5 Å². The lowest BCUT2D eigenvalue weighted by Crippen LogP contribution is -2.23. The maximum Gasteiger partial charge on any atom is 0.515 e. The minimum atomic E-state index is -0.866. The summed E-state index contributed by atoms with van der Waals surface area (Å²) in [5.41, 5.74) is 0.240. The van der Waals surface area contributed by atoms with E-state index in [2.05, 4.69) is 0 Å². The number of fused-ring (bicyclic) bond motifs is 1. The molecule has 0 aliphatic rings. The maximum atomic E-state index is 12.9. The third kappa shape index (κ3) is 3.12. The molecule has 24 heavy (non-hydrogen) atoms. The lowest BCUT2D eigenvalue weighted by atomic mass is 10.1. The molecule has 6 heteroatoms. The second kappa shape index (κ2) is 6.76. The Labute approximate surface area is 143 Å². The number of carbonyl (C=O) groups excluding carboxylic acids is 1. The van der Waals surface area contributed by atoms with E-state index in [1.807, 2.05) is 6.07 Å². The highest BCUT2D eigenvalue weighted by Gasteiger charge is 2.15. The van der Waals surface area contributed by atoms with Crippen molar-refractivity contribution in [3.05, 3.63) is 70.0 Å². The van der Waals surface area contributed by atoms with Gasteiger partial charge >= 0.3 is 6.16 Å². The molecule has 0 N–H and O–H groups in total. The van der Waals surface area contributed by atoms with Crippen LogP contribution in [0.5, 0.6) is 5.88 Å². The normalized spacial score (nSPS) is 10.6. The average Bonchev–Trinajstić information content (AvgIpc) is 2.57. The molecule has 2 aromatic carbocycles. The minimum Gasteiger partial charge on any atom is -0.434 e. The van der Waals surface area contributed by atoms with Crippen molar-refractivity contribution in [3.8, 4) is 11.6 Å². The summed E-state index contributed by atoms with van der Waals surface area (Å²) in [6.07, 6.45) is -0.866. The molecule has 1 heterocycles. The molecule has 0 unspecified atom stereocenters. The first-order chi connectivity index (χ1) is 11.6. The zero-order valence-electron chi connectivity index (χ0n) is 12.9. The summed E-state index contributed by atoms with van der Waals surface area (Å²) in [7, 11) is 0. The first-order valence-corrected chi connectivity index (χ1v) is 7.73. The zero-order valence-corrected chi connectivity index (χ0v) is 13.6. The molecule has 5 nitrogen and oxygen atoms in total. The molecule has 122 valence electrons. The zero-order chi connectivity index (χ0) is 17.1. The Kier molecular flexibility index (Phi) is 4.53. The van der Waals surface area contributed by atoms with Crippen LogP contribution in [0.25, 0.3) is 16.5 Å². The van der Waals surface area contributed by atoms with E-state index >= 15 is 0 Å². The van der Waals surface area contributed by atoms with Crippen LogP contribution in [0.2, 0.25) is 5.02 Å². The van der Waals surface area contributed by atoms with E-state index in [1.165, 1.54) is 4.57 Å². The van der Waals surface area contributed by atoms with Crippen LogP contribution in [0.15, 0.2) is 59.4 Å².